The van der Waals surface area contributed by atoms with Crippen LogP contribution >= 0.6 is 23.2 Å². The standard InChI is InChI=1S/C23H20Cl2FN3O5S/c1-33-21-10-8-18(12-22(21)34-2)35(31,32)29(17-6-4-16(26)5-7-17)14-23(30)28-27-13-15-3-9-19(24)20(25)11-15/h3-13H,14H2,1-2H3,(H,28,30)/b27-13-. The highest BCUT2D eigenvalue weighted by atomic mass is 35.5. The molecule has 12 heteroatoms. The minimum absolute atomic E-state index is 0.0739. The summed E-state index contributed by atoms with van der Waals surface area (Å²) in [5.74, 6) is -0.792. The van der Waals surface area contributed by atoms with Gasteiger partial charge in [-0.25, -0.2) is 18.2 Å². The fourth-order valence-electron chi connectivity index (χ4n) is 2.96. The number of nitrogens with zero attached hydrogens (tertiary/aromatic N) is 2. The molecule has 8 nitrogen and oxygen atoms in total. The number of carbonyl (C=O) groups is 1. The van der Waals surface area contributed by atoms with Gasteiger partial charge in [-0.05, 0) is 54.1 Å². The van der Waals surface area contributed by atoms with Crippen LogP contribution in [0.15, 0.2) is 70.7 Å². The summed E-state index contributed by atoms with van der Waals surface area (Å²) < 4.78 is 51.6. The molecule has 35 heavy (non-hydrogen) atoms. The fourth-order valence-corrected chi connectivity index (χ4v) is 4.71. The summed E-state index contributed by atoms with van der Waals surface area (Å²) in [7, 11) is -1.49. The highest BCUT2D eigenvalue weighted by Gasteiger charge is 2.28. The van der Waals surface area contributed by atoms with Gasteiger partial charge in [0.1, 0.15) is 12.4 Å². The topological polar surface area (TPSA) is 97.3 Å². The minimum atomic E-state index is -4.28. The van der Waals surface area contributed by atoms with Crippen molar-refractivity contribution in [3.8, 4) is 11.5 Å². The van der Waals surface area contributed by atoms with Crippen LogP contribution in [0.4, 0.5) is 10.1 Å². The SMILES string of the molecule is COc1ccc(S(=O)(=O)N(CC(=O)N/N=C\c2ccc(Cl)c(Cl)c2)c2ccc(F)cc2)cc1OC. The van der Waals surface area contributed by atoms with E-state index >= 15 is 0 Å². The van der Waals surface area contributed by atoms with Crippen molar-refractivity contribution in [2.75, 3.05) is 25.1 Å². The molecule has 0 saturated carbocycles. The molecule has 0 aliphatic rings. The average molecular weight is 540 g/mol. The summed E-state index contributed by atoms with van der Waals surface area (Å²) >= 11 is 11.8. The molecule has 0 atom stereocenters. The van der Waals surface area contributed by atoms with E-state index in [2.05, 4.69) is 10.5 Å². The summed E-state index contributed by atoms with van der Waals surface area (Å²) in [6, 6.07) is 13.4. The third-order valence-electron chi connectivity index (χ3n) is 4.69. The maximum absolute atomic E-state index is 13.5. The number of nitrogens with one attached hydrogen (secondary N) is 1. The van der Waals surface area contributed by atoms with E-state index in [1.165, 1.54) is 50.8 Å². The van der Waals surface area contributed by atoms with Gasteiger partial charge in [0.25, 0.3) is 15.9 Å². The summed E-state index contributed by atoms with van der Waals surface area (Å²) in [6.45, 7) is -0.638. The molecule has 1 amide bonds. The van der Waals surface area contributed by atoms with Crippen LogP contribution in [0.1, 0.15) is 5.56 Å². The lowest BCUT2D eigenvalue weighted by molar-refractivity contribution is -0.119. The lowest BCUT2D eigenvalue weighted by Crippen LogP contribution is -2.39. The number of amides is 1. The van der Waals surface area contributed by atoms with E-state index in [4.69, 9.17) is 32.7 Å². The molecule has 1 N–H and O–H groups in total. The maximum Gasteiger partial charge on any atom is 0.264 e. The van der Waals surface area contributed by atoms with Crippen molar-refractivity contribution >= 4 is 51.0 Å². The smallest absolute Gasteiger partial charge is 0.264 e. The van der Waals surface area contributed by atoms with E-state index < -0.39 is 28.3 Å². The first-order chi connectivity index (χ1) is 16.6. The Morgan fingerprint density at radius 1 is 1.00 bits per heavy atom. The monoisotopic (exact) mass is 539 g/mol. The molecule has 3 rings (SSSR count). The van der Waals surface area contributed by atoms with Gasteiger partial charge in [-0.15, -0.1) is 0 Å². The number of benzene rings is 3. The number of rotatable bonds is 9. The Balaban J connectivity index is 1.88. The van der Waals surface area contributed by atoms with E-state index in [0.717, 1.165) is 16.4 Å². The van der Waals surface area contributed by atoms with Crippen molar-refractivity contribution in [3.05, 3.63) is 82.1 Å². The van der Waals surface area contributed by atoms with Crippen LogP contribution in [-0.4, -0.2) is 41.3 Å². The van der Waals surface area contributed by atoms with Gasteiger partial charge in [0.05, 0.1) is 41.1 Å². The van der Waals surface area contributed by atoms with Gasteiger partial charge >= 0.3 is 0 Å². The van der Waals surface area contributed by atoms with E-state index in [9.17, 15) is 17.6 Å². The van der Waals surface area contributed by atoms with Crippen LogP contribution in [0.3, 0.4) is 0 Å². The Bertz CT molecular complexity index is 1350. The normalized spacial score (nSPS) is 11.3. The molecule has 0 bridgehead atoms. The molecule has 3 aromatic carbocycles. The Labute approximate surface area is 211 Å². The molecule has 0 spiro atoms. The molecule has 0 unspecified atom stereocenters. The predicted molar refractivity (Wildman–Crippen MR) is 133 cm³/mol. The fraction of sp³-hybridized carbons (Fsp3) is 0.130. The van der Waals surface area contributed by atoms with Gasteiger partial charge in [-0.1, -0.05) is 29.3 Å². The molecule has 0 aromatic heterocycles. The van der Waals surface area contributed by atoms with Gasteiger partial charge in [-0.2, -0.15) is 5.10 Å². The van der Waals surface area contributed by atoms with Crippen molar-refractivity contribution in [1.29, 1.82) is 0 Å². The lowest BCUT2D eigenvalue weighted by Gasteiger charge is -2.24. The van der Waals surface area contributed by atoms with Crippen molar-refractivity contribution in [2.45, 2.75) is 4.90 Å². The molecule has 184 valence electrons. The van der Waals surface area contributed by atoms with Gasteiger partial charge in [0.15, 0.2) is 11.5 Å². The van der Waals surface area contributed by atoms with E-state index in [0.29, 0.717) is 21.4 Å². The summed E-state index contributed by atoms with van der Waals surface area (Å²) in [5, 5.41) is 4.51. The second-order valence-corrected chi connectivity index (χ2v) is 9.65. The molecular formula is C23H20Cl2FN3O5S. The highest BCUT2D eigenvalue weighted by molar-refractivity contribution is 7.92. The zero-order valence-corrected chi connectivity index (χ0v) is 20.9. The first-order valence-corrected chi connectivity index (χ1v) is 12.1. The van der Waals surface area contributed by atoms with E-state index in [-0.39, 0.29) is 16.3 Å². The molecule has 0 heterocycles. The van der Waals surface area contributed by atoms with Gasteiger partial charge < -0.3 is 9.47 Å². The van der Waals surface area contributed by atoms with Gasteiger partial charge in [0, 0.05) is 6.07 Å². The molecule has 3 aromatic rings. The summed E-state index contributed by atoms with van der Waals surface area (Å²) in [6.07, 6.45) is 1.32. The second kappa shape index (κ2) is 11.4. The van der Waals surface area contributed by atoms with E-state index in [1.54, 1.807) is 18.2 Å². The average Bonchev–Trinajstić information content (AvgIpc) is 2.84. The molecule has 0 aliphatic carbocycles. The zero-order chi connectivity index (χ0) is 25.6. The zero-order valence-electron chi connectivity index (χ0n) is 18.5. The molecular weight excluding hydrogens is 520 g/mol. The van der Waals surface area contributed by atoms with E-state index in [1.807, 2.05) is 0 Å². The molecule has 0 saturated heterocycles. The Morgan fingerprint density at radius 3 is 2.31 bits per heavy atom. The third-order valence-corrected chi connectivity index (χ3v) is 7.20. The van der Waals surface area contributed by atoms with Crippen molar-refractivity contribution in [1.82, 2.24) is 5.43 Å². The number of hydrogen-bond donors (Lipinski definition) is 1. The highest BCUT2D eigenvalue weighted by Crippen LogP contribution is 2.32. The molecule has 0 aliphatic heterocycles. The first-order valence-electron chi connectivity index (χ1n) is 9.93. The number of hydrazone groups is 1. The third kappa shape index (κ3) is 6.41. The number of methoxy groups -OCH3 is 2. The summed E-state index contributed by atoms with van der Waals surface area (Å²) in [5.41, 5.74) is 2.91. The quantitative estimate of drug-likeness (QED) is 0.319. The van der Waals surface area contributed by atoms with Crippen LogP contribution in [0.5, 0.6) is 11.5 Å². The van der Waals surface area contributed by atoms with Crippen LogP contribution in [0.2, 0.25) is 10.0 Å². The van der Waals surface area contributed by atoms with Gasteiger partial charge in [0.2, 0.25) is 0 Å². The van der Waals surface area contributed by atoms with Crippen LogP contribution < -0.4 is 19.2 Å². The summed E-state index contributed by atoms with van der Waals surface area (Å²) in [4.78, 5) is 12.4. The van der Waals surface area contributed by atoms with Crippen molar-refractivity contribution in [3.63, 3.8) is 0 Å². The number of sulfonamides is 1. The minimum Gasteiger partial charge on any atom is -0.493 e. The predicted octanol–water partition coefficient (Wildman–Crippen LogP) is 4.50. The van der Waals surface area contributed by atoms with Crippen molar-refractivity contribution in [2.24, 2.45) is 5.10 Å². The van der Waals surface area contributed by atoms with Crippen molar-refractivity contribution < 1.29 is 27.1 Å². The number of hydrogen-bond acceptors (Lipinski definition) is 6. The second-order valence-electron chi connectivity index (χ2n) is 6.97. The largest absolute Gasteiger partial charge is 0.493 e. The molecule has 0 fully saturated rings. The Kier molecular flexibility index (Phi) is 8.55. The van der Waals surface area contributed by atoms with Crippen LogP contribution in [0, 0.1) is 5.82 Å². The van der Waals surface area contributed by atoms with Crippen LogP contribution in [-0.2, 0) is 14.8 Å². The number of carbonyl (C=O) groups excluding carboxylic acids is 1. The van der Waals surface area contributed by atoms with Crippen LogP contribution in [0.25, 0.3) is 0 Å². The maximum atomic E-state index is 13.5. The lowest BCUT2D eigenvalue weighted by atomic mass is 10.2. The Hall–Kier alpha value is -3.34. The Morgan fingerprint density at radius 2 is 1.69 bits per heavy atom. The number of anilines is 1. The number of halogens is 3. The van der Waals surface area contributed by atoms with Gasteiger partial charge in [-0.3, -0.25) is 9.10 Å². The number of ether oxygens (including phenoxy) is 2. The molecule has 0 radical (unpaired) electrons. The first kappa shape index (κ1) is 26.3.